The lowest BCUT2D eigenvalue weighted by molar-refractivity contribution is -0.134. The van der Waals surface area contributed by atoms with Crippen LogP contribution in [0.5, 0.6) is 5.75 Å². The van der Waals surface area contributed by atoms with Crippen LogP contribution >= 0.6 is 0 Å². The summed E-state index contributed by atoms with van der Waals surface area (Å²) >= 11 is 0. The Balaban J connectivity index is 1.69. The van der Waals surface area contributed by atoms with Gasteiger partial charge in [-0.15, -0.1) is 0 Å². The maximum Gasteiger partial charge on any atom is 0.261 e. The molecule has 1 amide bonds. The van der Waals surface area contributed by atoms with Gasteiger partial charge in [0.05, 0.1) is 30.5 Å². The SMILES string of the molecule is Cc1noc(C)c1S(=O)(=O)N(C)C[C@H]1Oc2ccc(NS(=O)(=O)c3ccc(F)cc3)cc2CC(=O)N([C@H](C)CO)C[C@H]1C. The Morgan fingerprint density at radius 1 is 1.16 bits per heavy atom. The molecule has 0 bridgehead atoms. The van der Waals surface area contributed by atoms with Crippen LogP contribution < -0.4 is 9.46 Å². The zero-order valence-electron chi connectivity index (χ0n) is 24.4. The van der Waals surface area contributed by atoms with E-state index in [9.17, 15) is 31.1 Å². The minimum Gasteiger partial charge on any atom is -0.488 e. The number of aryl methyl sites for hydroxylation is 2. The molecular formula is C28H35FN4O8S2. The normalized spacial score (nSPS) is 18.8. The highest BCUT2D eigenvalue weighted by Crippen LogP contribution is 2.31. The molecule has 0 saturated heterocycles. The summed E-state index contributed by atoms with van der Waals surface area (Å²) in [7, 11) is -6.67. The van der Waals surface area contributed by atoms with Crippen LogP contribution in [0.25, 0.3) is 0 Å². The molecule has 4 rings (SSSR count). The summed E-state index contributed by atoms with van der Waals surface area (Å²) in [6.45, 7) is 6.34. The van der Waals surface area contributed by atoms with Gasteiger partial charge in [-0.1, -0.05) is 12.1 Å². The molecule has 1 aliphatic rings. The topological polar surface area (TPSA) is 159 Å². The highest BCUT2D eigenvalue weighted by Gasteiger charge is 2.35. The van der Waals surface area contributed by atoms with Crippen molar-refractivity contribution in [1.82, 2.24) is 14.4 Å². The van der Waals surface area contributed by atoms with Crippen molar-refractivity contribution in [2.45, 2.75) is 56.1 Å². The maximum atomic E-state index is 13.5. The molecule has 1 aromatic heterocycles. The van der Waals surface area contributed by atoms with Crippen molar-refractivity contribution in [2.75, 3.05) is 31.5 Å². The number of rotatable bonds is 9. The van der Waals surface area contributed by atoms with Crippen LogP contribution in [0.3, 0.4) is 0 Å². The number of aliphatic hydroxyl groups excluding tert-OH is 1. The smallest absolute Gasteiger partial charge is 0.261 e. The third-order valence-corrected chi connectivity index (χ3v) is 10.8. The van der Waals surface area contributed by atoms with E-state index >= 15 is 0 Å². The second-order valence-corrected chi connectivity index (χ2v) is 14.4. The quantitative estimate of drug-likeness (QED) is 0.359. The largest absolute Gasteiger partial charge is 0.488 e. The highest BCUT2D eigenvalue weighted by molar-refractivity contribution is 7.92. The van der Waals surface area contributed by atoms with Crippen LogP contribution in [-0.2, 0) is 31.3 Å². The Bertz CT molecular complexity index is 1670. The molecule has 3 aromatic rings. The number of likely N-dealkylation sites (N-methyl/N-ethyl adjacent to an activating group) is 1. The molecule has 43 heavy (non-hydrogen) atoms. The van der Waals surface area contributed by atoms with E-state index in [-0.39, 0.29) is 70.6 Å². The number of nitrogens with zero attached hydrogens (tertiary/aromatic N) is 3. The van der Waals surface area contributed by atoms with Gasteiger partial charge in [0.15, 0.2) is 5.76 Å². The summed E-state index contributed by atoms with van der Waals surface area (Å²) in [5.41, 5.74) is 0.722. The molecule has 1 aliphatic heterocycles. The zero-order valence-corrected chi connectivity index (χ0v) is 26.1. The van der Waals surface area contributed by atoms with E-state index in [1.807, 2.05) is 6.92 Å². The molecule has 12 nitrogen and oxygen atoms in total. The Morgan fingerprint density at radius 3 is 2.44 bits per heavy atom. The van der Waals surface area contributed by atoms with Crippen LogP contribution in [-0.4, -0.2) is 81.1 Å². The molecule has 0 aliphatic carbocycles. The number of benzene rings is 2. The Hall–Kier alpha value is -3.53. The minimum absolute atomic E-state index is 0.0325. The number of halogens is 1. The molecule has 0 saturated carbocycles. The number of carbonyl (C=O) groups is 1. The van der Waals surface area contributed by atoms with E-state index in [0.717, 1.165) is 28.6 Å². The number of fused-ring (bicyclic) bond motifs is 1. The van der Waals surface area contributed by atoms with Crippen molar-refractivity contribution in [1.29, 1.82) is 0 Å². The molecule has 234 valence electrons. The third-order valence-electron chi connectivity index (χ3n) is 7.37. The van der Waals surface area contributed by atoms with Gasteiger partial charge in [0.2, 0.25) is 15.9 Å². The van der Waals surface area contributed by atoms with Gasteiger partial charge in [-0.05, 0) is 63.2 Å². The standard InChI is InChI=1S/C28H35FN4O8S2/c1-17-14-33(18(2)16-34)27(35)13-21-12-23(31-42(36,37)24-9-6-22(29)7-10-24)8-11-25(21)40-26(17)15-32(5)43(38,39)28-19(3)30-41-20(28)4/h6-12,17-18,26,31,34H,13-16H2,1-5H3/t17-,18-,26-/m1/s1. The third kappa shape index (κ3) is 7.00. The first-order valence-corrected chi connectivity index (χ1v) is 16.4. The van der Waals surface area contributed by atoms with Crippen molar-refractivity contribution in [2.24, 2.45) is 5.92 Å². The van der Waals surface area contributed by atoms with Crippen LogP contribution in [0.2, 0.25) is 0 Å². The number of sulfonamides is 2. The van der Waals surface area contributed by atoms with E-state index in [4.69, 9.17) is 9.26 Å². The van der Waals surface area contributed by atoms with E-state index < -0.39 is 38.0 Å². The van der Waals surface area contributed by atoms with Gasteiger partial charge in [-0.2, -0.15) is 4.31 Å². The van der Waals surface area contributed by atoms with Crippen molar-refractivity contribution < 1.29 is 40.4 Å². The van der Waals surface area contributed by atoms with E-state index in [0.29, 0.717) is 5.56 Å². The molecule has 3 atom stereocenters. The summed E-state index contributed by atoms with van der Waals surface area (Å²) in [6.07, 6.45) is -0.918. The predicted octanol–water partition coefficient (Wildman–Crippen LogP) is 2.70. The monoisotopic (exact) mass is 638 g/mol. The summed E-state index contributed by atoms with van der Waals surface area (Å²) in [5, 5.41) is 13.6. The summed E-state index contributed by atoms with van der Waals surface area (Å²) in [6, 6.07) is 8.23. The first-order chi connectivity index (χ1) is 20.1. The lowest BCUT2D eigenvalue weighted by Crippen LogP contribution is -2.48. The molecule has 0 fully saturated rings. The number of aromatic nitrogens is 1. The van der Waals surface area contributed by atoms with E-state index in [1.165, 1.54) is 44.0 Å². The second-order valence-electron chi connectivity index (χ2n) is 10.7. The molecule has 0 radical (unpaired) electrons. The number of ether oxygens (including phenoxy) is 1. The van der Waals surface area contributed by atoms with Crippen molar-refractivity contribution >= 4 is 31.6 Å². The fourth-order valence-electron chi connectivity index (χ4n) is 4.89. The van der Waals surface area contributed by atoms with Gasteiger partial charge in [-0.25, -0.2) is 21.2 Å². The number of carbonyl (C=O) groups excluding carboxylic acids is 1. The summed E-state index contributed by atoms with van der Waals surface area (Å²) < 4.78 is 81.1. The van der Waals surface area contributed by atoms with Crippen molar-refractivity contribution in [3.8, 4) is 5.75 Å². The van der Waals surface area contributed by atoms with Gasteiger partial charge in [-0.3, -0.25) is 9.52 Å². The first kappa shape index (κ1) is 32.4. The second kappa shape index (κ2) is 12.6. The predicted molar refractivity (Wildman–Crippen MR) is 155 cm³/mol. The fourth-order valence-corrected chi connectivity index (χ4v) is 7.40. The molecule has 0 spiro atoms. The van der Waals surface area contributed by atoms with Crippen LogP contribution in [0.4, 0.5) is 10.1 Å². The Labute approximate surface area is 250 Å². The molecule has 2 heterocycles. The average Bonchev–Trinajstić information content (AvgIpc) is 3.31. The lowest BCUT2D eigenvalue weighted by Gasteiger charge is -2.33. The Kier molecular flexibility index (Phi) is 9.49. The molecule has 2 aromatic carbocycles. The fraction of sp³-hybridized carbons (Fsp3) is 0.429. The Morgan fingerprint density at radius 2 is 1.84 bits per heavy atom. The molecule has 0 unspecified atom stereocenters. The molecule has 2 N–H and O–H groups in total. The van der Waals surface area contributed by atoms with Gasteiger partial charge in [0, 0.05) is 30.8 Å². The number of nitrogens with one attached hydrogen (secondary N) is 1. The average molecular weight is 639 g/mol. The van der Waals surface area contributed by atoms with Crippen molar-refractivity contribution in [3.63, 3.8) is 0 Å². The maximum absolute atomic E-state index is 13.5. The van der Waals surface area contributed by atoms with E-state index in [2.05, 4.69) is 9.88 Å². The van der Waals surface area contributed by atoms with Gasteiger partial charge in [0.25, 0.3) is 10.0 Å². The van der Waals surface area contributed by atoms with Gasteiger partial charge in [0.1, 0.15) is 28.3 Å². The number of anilines is 1. The number of hydrogen-bond acceptors (Lipinski definition) is 9. The van der Waals surface area contributed by atoms with Crippen molar-refractivity contribution in [3.05, 3.63) is 65.3 Å². The van der Waals surface area contributed by atoms with E-state index in [1.54, 1.807) is 6.92 Å². The zero-order chi connectivity index (χ0) is 31.7. The molecule has 15 heteroatoms. The number of aliphatic hydroxyl groups is 1. The highest BCUT2D eigenvalue weighted by atomic mass is 32.2. The number of hydrogen-bond donors (Lipinski definition) is 2. The van der Waals surface area contributed by atoms with Gasteiger partial charge < -0.3 is 19.3 Å². The number of amides is 1. The summed E-state index contributed by atoms with van der Waals surface area (Å²) in [4.78, 5) is 14.8. The summed E-state index contributed by atoms with van der Waals surface area (Å²) in [5.74, 6) is -0.863. The van der Waals surface area contributed by atoms with Crippen LogP contribution in [0, 0.1) is 25.6 Å². The first-order valence-electron chi connectivity index (χ1n) is 13.5. The van der Waals surface area contributed by atoms with Crippen LogP contribution in [0.15, 0.2) is 56.8 Å². The molecular weight excluding hydrogens is 603 g/mol. The van der Waals surface area contributed by atoms with Crippen LogP contribution in [0.1, 0.15) is 30.9 Å². The van der Waals surface area contributed by atoms with Gasteiger partial charge >= 0.3 is 0 Å². The lowest BCUT2D eigenvalue weighted by atomic mass is 10.0. The minimum atomic E-state index is -4.07.